The van der Waals surface area contributed by atoms with Gasteiger partial charge in [0.05, 0.1) is 18.6 Å². The zero-order valence-electron chi connectivity index (χ0n) is 21.3. The molecule has 206 valence electrons. The Balaban J connectivity index is 1.60. The van der Waals surface area contributed by atoms with Crippen LogP contribution in [-0.2, 0) is 32.9 Å². The number of amides is 2. The fourth-order valence-corrected chi connectivity index (χ4v) is 5.53. The van der Waals surface area contributed by atoms with Crippen LogP contribution in [0.15, 0.2) is 42.6 Å². The highest BCUT2D eigenvalue weighted by molar-refractivity contribution is 7.52. The number of hydrogen-bond donors (Lipinski definition) is 2. The number of imide groups is 1. The Morgan fingerprint density at radius 1 is 1.24 bits per heavy atom. The Labute approximate surface area is 222 Å². The smallest absolute Gasteiger partial charge is 0.459 e. The van der Waals surface area contributed by atoms with Crippen LogP contribution in [0.4, 0.5) is 0 Å². The summed E-state index contributed by atoms with van der Waals surface area (Å²) in [4.78, 5) is 35.9. The third kappa shape index (κ3) is 9.30. The average molecular weight is 548 g/mol. The number of carbonyl (C=O) groups excluding carboxylic acids is 3. The average Bonchev–Trinajstić information content (AvgIpc) is 3.35. The summed E-state index contributed by atoms with van der Waals surface area (Å²) in [5.74, 6) is 1.49. The van der Waals surface area contributed by atoms with Crippen LogP contribution in [0.2, 0.25) is 0 Å². The molecule has 1 heterocycles. The van der Waals surface area contributed by atoms with Crippen molar-refractivity contribution in [3.05, 3.63) is 42.6 Å². The second-order valence-corrected chi connectivity index (χ2v) is 10.8. The molecule has 0 bridgehead atoms. The normalized spacial score (nSPS) is 23.2. The molecule has 1 saturated heterocycles. The van der Waals surface area contributed by atoms with Crippen LogP contribution in [0, 0.1) is 18.3 Å². The lowest BCUT2D eigenvalue weighted by Crippen LogP contribution is -2.33. The van der Waals surface area contributed by atoms with Gasteiger partial charge in [0.1, 0.15) is 24.6 Å². The van der Waals surface area contributed by atoms with Gasteiger partial charge in [0, 0.05) is 19.3 Å². The molecule has 2 amide bonds. The summed E-state index contributed by atoms with van der Waals surface area (Å²) in [5.41, 5.74) is 0. The van der Waals surface area contributed by atoms with Gasteiger partial charge in [-0.25, -0.2) is 9.65 Å². The van der Waals surface area contributed by atoms with Gasteiger partial charge in [-0.15, -0.1) is 6.42 Å². The highest BCUT2D eigenvalue weighted by Crippen LogP contribution is 2.45. The van der Waals surface area contributed by atoms with E-state index in [-0.39, 0.29) is 31.6 Å². The van der Waals surface area contributed by atoms with Crippen LogP contribution in [0.25, 0.3) is 0 Å². The van der Waals surface area contributed by atoms with Crippen molar-refractivity contribution in [3.63, 3.8) is 0 Å². The first-order valence-electron chi connectivity index (χ1n) is 12.5. The molecule has 38 heavy (non-hydrogen) atoms. The standard InChI is InChI=1S/C26H34N3O8P/c1-3-20-16-23(36-26(20)29(2)15-14-24(31)27-19-30)18-34-38(33,37-22-12-8-5-9-13-22)28-17-25(32)35-21-10-6-4-7-11-21/h1,5,8-9,12-15,19-21,23,26H,4,6-7,10-11,16-18H2,2H3,(H,28,33)(H,27,30,31)/b15-14-. The first-order chi connectivity index (χ1) is 18.3. The van der Waals surface area contributed by atoms with Crippen molar-refractivity contribution < 1.29 is 37.5 Å². The molecule has 2 aliphatic rings. The van der Waals surface area contributed by atoms with Gasteiger partial charge in [-0.05, 0) is 44.2 Å². The highest BCUT2D eigenvalue weighted by atomic mass is 31.2. The van der Waals surface area contributed by atoms with Gasteiger partial charge in [-0.3, -0.25) is 24.2 Å². The number of terminal acetylenes is 1. The van der Waals surface area contributed by atoms with E-state index in [2.05, 4.69) is 11.0 Å². The van der Waals surface area contributed by atoms with Crippen LogP contribution in [-0.4, -0.2) is 61.8 Å². The Morgan fingerprint density at radius 2 is 1.97 bits per heavy atom. The monoisotopic (exact) mass is 547 g/mol. The number of esters is 1. The summed E-state index contributed by atoms with van der Waals surface area (Å²) < 4.78 is 36.4. The number of benzene rings is 1. The maximum atomic E-state index is 13.6. The minimum atomic E-state index is -4.00. The van der Waals surface area contributed by atoms with Gasteiger partial charge < -0.3 is 18.9 Å². The van der Waals surface area contributed by atoms with E-state index in [0.29, 0.717) is 12.2 Å². The van der Waals surface area contributed by atoms with E-state index in [1.807, 2.05) is 5.32 Å². The molecule has 3 rings (SSSR count). The predicted molar refractivity (Wildman–Crippen MR) is 138 cm³/mol. The van der Waals surface area contributed by atoms with E-state index >= 15 is 0 Å². The van der Waals surface area contributed by atoms with Crippen LogP contribution < -0.4 is 14.9 Å². The van der Waals surface area contributed by atoms with Crippen molar-refractivity contribution in [1.82, 2.24) is 15.3 Å². The van der Waals surface area contributed by atoms with E-state index in [1.54, 1.807) is 42.3 Å². The molecule has 0 radical (unpaired) electrons. The van der Waals surface area contributed by atoms with Gasteiger partial charge in [0.25, 0.3) is 5.91 Å². The van der Waals surface area contributed by atoms with E-state index < -0.39 is 32.0 Å². The maximum Gasteiger partial charge on any atom is 0.459 e. The summed E-state index contributed by atoms with van der Waals surface area (Å²) in [6.07, 6.45) is 12.5. The molecule has 12 heteroatoms. The Morgan fingerprint density at radius 3 is 2.66 bits per heavy atom. The van der Waals surface area contributed by atoms with Crippen molar-refractivity contribution in [1.29, 1.82) is 0 Å². The summed E-state index contributed by atoms with van der Waals surface area (Å²) in [5, 5.41) is 4.61. The summed E-state index contributed by atoms with van der Waals surface area (Å²) in [6.45, 7) is -0.481. The largest absolute Gasteiger partial charge is 0.461 e. The van der Waals surface area contributed by atoms with Crippen molar-refractivity contribution in [3.8, 4) is 18.1 Å². The number of nitrogens with one attached hydrogen (secondary N) is 2. The second-order valence-electron chi connectivity index (χ2n) is 9.05. The molecule has 2 N–H and O–H groups in total. The highest BCUT2D eigenvalue weighted by Gasteiger charge is 2.38. The minimum absolute atomic E-state index is 0.131. The van der Waals surface area contributed by atoms with Gasteiger partial charge in [-0.2, -0.15) is 0 Å². The number of para-hydroxylation sites is 1. The van der Waals surface area contributed by atoms with Crippen molar-refractivity contribution >= 4 is 26.0 Å². The molecule has 0 spiro atoms. The molecule has 2 fully saturated rings. The van der Waals surface area contributed by atoms with Gasteiger partial charge in [0.15, 0.2) is 0 Å². The molecular formula is C26H34N3O8P. The molecule has 1 aromatic rings. The molecule has 1 aliphatic heterocycles. The zero-order valence-corrected chi connectivity index (χ0v) is 22.2. The SMILES string of the molecule is C#CC1CC(COP(=O)(NCC(=O)OC2CCCCC2)Oc2ccccc2)OC1N(C)/C=C\C(=O)NC=O. The Bertz CT molecular complexity index is 1050. The third-order valence-electron chi connectivity index (χ3n) is 6.14. The third-order valence-corrected chi connectivity index (χ3v) is 7.62. The summed E-state index contributed by atoms with van der Waals surface area (Å²) in [6, 6.07) is 8.47. The van der Waals surface area contributed by atoms with Crippen LogP contribution in [0.1, 0.15) is 38.5 Å². The minimum Gasteiger partial charge on any atom is -0.461 e. The first-order valence-corrected chi connectivity index (χ1v) is 14.1. The number of ether oxygens (including phenoxy) is 2. The van der Waals surface area contributed by atoms with Gasteiger partial charge >= 0.3 is 13.7 Å². The lowest BCUT2D eigenvalue weighted by atomic mass is 9.98. The van der Waals surface area contributed by atoms with Crippen LogP contribution >= 0.6 is 7.75 Å². The molecular weight excluding hydrogens is 513 g/mol. The predicted octanol–water partition coefficient (Wildman–Crippen LogP) is 2.74. The number of nitrogens with zero attached hydrogens (tertiary/aromatic N) is 1. The van der Waals surface area contributed by atoms with E-state index in [1.165, 1.54) is 12.3 Å². The zero-order chi connectivity index (χ0) is 27.4. The summed E-state index contributed by atoms with van der Waals surface area (Å²) in [7, 11) is -2.33. The molecule has 0 aromatic heterocycles. The fraction of sp³-hybridized carbons (Fsp3) is 0.500. The van der Waals surface area contributed by atoms with Gasteiger partial charge in [-0.1, -0.05) is 30.5 Å². The number of rotatable bonds is 13. The molecule has 4 atom stereocenters. The van der Waals surface area contributed by atoms with Crippen molar-refractivity contribution in [2.45, 2.75) is 57.0 Å². The quantitative estimate of drug-likeness (QED) is 0.125. The lowest BCUT2D eigenvalue weighted by molar-refractivity contribution is -0.149. The molecule has 1 aliphatic carbocycles. The lowest BCUT2D eigenvalue weighted by Gasteiger charge is -2.26. The van der Waals surface area contributed by atoms with Crippen molar-refractivity contribution in [2.24, 2.45) is 5.92 Å². The molecule has 1 aromatic carbocycles. The molecule has 4 unspecified atom stereocenters. The first kappa shape index (κ1) is 29.4. The molecule has 11 nitrogen and oxygen atoms in total. The summed E-state index contributed by atoms with van der Waals surface area (Å²) >= 11 is 0. The van der Waals surface area contributed by atoms with E-state index in [9.17, 15) is 18.9 Å². The topological polar surface area (TPSA) is 132 Å². The number of hydrogen-bond acceptors (Lipinski definition) is 9. The van der Waals surface area contributed by atoms with E-state index in [4.69, 9.17) is 24.9 Å². The van der Waals surface area contributed by atoms with Crippen molar-refractivity contribution in [2.75, 3.05) is 20.2 Å². The number of carbonyl (C=O) groups is 3. The Hall–Kier alpha value is -3.16. The van der Waals surface area contributed by atoms with Gasteiger partial charge in [0.2, 0.25) is 6.41 Å². The Kier molecular flexibility index (Phi) is 11.4. The van der Waals surface area contributed by atoms with Crippen LogP contribution in [0.5, 0.6) is 5.75 Å². The fourth-order valence-electron chi connectivity index (χ4n) is 4.24. The molecule has 1 saturated carbocycles. The maximum absolute atomic E-state index is 13.6. The second kappa shape index (κ2) is 14.7. The van der Waals surface area contributed by atoms with Crippen LogP contribution in [0.3, 0.4) is 0 Å². The van der Waals surface area contributed by atoms with E-state index in [0.717, 1.165) is 32.1 Å².